The molecular weight excluding hydrogens is 212 g/mol. The average Bonchev–Trinajstić information content (AvgIpc) is 2.34. The molecule has 0 aromatic heterocycles. The van der Waals surface area contributed by atoms with E-state index in [9.17, 15) is 0 Å². The van der Waals surface area contributed by atoms with Crippen molar-refractivity contribution in [1.82, 2.24) is 0 Å². The Hall–Kier alpha value is -0.763. The molecule has 0 saturated heterocycles. The quantitative estimate of drug-likeness (QED) is 0.521. The van der Waals surface area contributed by atoms with E-state index in [0.717, 1.165) is 5.75 Å². The third kappa shape index (κ3) is 4.39. The first-order valence-corrected chi connectivity index (χ1v) is 8.96. The topological polar surface area (TPSA) is 9.23 Å². The summed E-state index contributed by atoms with van der Waals surface area (Å²) in [4.78, 5) is 0. The van der Waals surface area contributed by atoms with Crippen LogP contribution in [0.3, 0.4) is 0 Å². The molecular formula is C14H24OSi. The zero-order valence-corrected chi connectivity index (χ0v) is 12.0. The number of hydrogen-bond acceptors (Lipinski definition) is 1. The smallest absolute Gasteiger partial charge is 0.118 e. The summed E-state index contributed by atoms with van der Waals surface area (Å²) in [5.74, 6) is 0.968. The van der Waals surface area contributed by atoms with Crippen molar-refractivity contribution in [3.8, 4) is 5.75 Å². The number of ether oxygens (including phenoxy) is 1. The lowest BCUT2D eigenvalue weighted by Crippen LogP contribution is -2.25. The molecule has 90 valence electrons. The summed E-state index contributed by atoms with van der Waals surface area (Å²) < 4.78 is 5.18. The fourth-order valence-corrected chi connectivity index (χ4v) is 4.06. The number of hydrogen-bond donors (Lipinski definition) is 0. The molecule has 1 nitrogen and oxygen atoms in total. The molecule has 0 fully saturated rings. The predicted octanol–water partition coefficient (Wildman–Crippen LogP) is 3.34. The highest BCUT2D eigenvalue weighted by atomic mass is 28.3. The van der Waals surface area contributed by atoms with Gasteiger partial charge in [0.15, 0.2) is 0 Å². The molecule has 0 spiro atoms. The minimum atomic E-state index is -0.690. The molecule has 2 heteroatoms. The van der Waals surface area contributed by atoms with Crippen molar-refractivity contribution in [1.29, 1.82) is 0 Å². The maximum Gasteiger partial charge on any atom is 0.118 e. The largest absolute Gasteiger partial charge is 0.497 e. The van der Waals surface area contributed by atoms with Gasteiger partial charge in [-0.3, -0.25) is 0 Å². The van der Waals surface area contributed by atoms with E-state index >= 15 is 0 Å². The van der Waals surface area contributed by atoms with Gasteiger partial charge >= 0.3 is 0 Å². The molecule has 0 aliphatic rings. The Morgan fingerprint density at radius 2 is 1.75 bits per heavy atom. The van der Waals surface area contributed by atoms with E-state index in [1.165, 1.54) is 31.7 Å². The summed E-state index contributed by atoms with van der Waals surface area (Å²) in [7, 11) is 1.03. The van der Waals surface area contributed by atoms with Crippen LogP contribution in [0.1, 0.15) is 32.6 Å². The van der Waals surface area contributed by atoms with Crippen LogP contribution in [0, 0.1) is 0 Å². The van der Waals surface area contributed by atoms with E-state index in [-0.39, 0.29) is 0 Å². The van der Waals surface area contributed by atoms with Crippen molar-refractivity contribution in [2.75, 3.05) is 7.11 Å². The van der Waals surface area contributed by atoms with Crippen LogP contribution in [0.4, 0.5) is 0 Å². The van der Waals surface area contributed by atoms with Gasteiger partial charge in [0, 0.05) is 0 Å². The van der Waals surface area contributed by atoms with Crippen molar-refractivity contribution >= 4 is 14.0 Å². The molecule has 1 rings (SSSR count). The van der Waals surface area contributed by atoms with Gasteiger partial charge in [-0.1, -0.05) is 62.5 Å². The number of unbranched alkanes of at least 4 members (excludes halogenated alkanes) is 3. The summed E-state index contributed by atoms with van der Waals surface area (Å²) in [5, 5.41) is 1.57. The van der Waals surface area contributed by atoms with Gasteiger partial charge < -0.3 is 4.74 Å². The van der Waals surface area contributed by atoms with Crippen LogP contribution in [0.25, 0.3) is 0 Å². The van der Waals surface area contributed by atoms with Crippen LogP contribution in [-0.4, -0.2) is 15.9 Å². The Labute approximate surface area is 101 Å². The number of rotatable bonds is 7. The third-order valence-electron chi connectivity index (χ3n) is 3.18. The molecule has 0 bridgehead atoms. The lowest BCUT2D eigenvalue weighted by molar-refractivity contribution is 0.415. The van der Waals surface area contributed by atoms with Crippen LogP contribution < -0.4 is 9.92 Å². The Morgan fingerprint density at radius 3 is 2.31 bits per heavy atom. The van der Waals surface area contributed by atoms with Crippen molar-refractivity contribution in [2.24, 2.45) is 0 Å². The molecule has 1 aromatic rings. The summed E-state index contributed by atoms with van der Waals surface area (Å²) in [6.45, 7) is 4.72. The standard InChI is InChI=1S/C14H24OSi/c1-4-5-6-7-12-16(3)14-10-8-13(15-2)9-11-14/h8-11,16H,4-7,12H2,1-3H3. The second-order valence-electron chi connectivity index (χ2n) is 4.52. The summed E-state index contributed by atoms with van der Waals surface area (Å²) in [5.41, 5.74) is 0. The molecule has 0 aliphatic carbocycles. The molecule has 16 heavy (non-hydrogen) atoms. The monoisotopic (exact) mass is 236 g/mol. The third-order valence-corrected chi connectivity index (χ3v) is 5.97. The minimum absolute atomic E-state index is 0.690. The van der Waals surface area contributed by atoms with Gasteiger partial charge in [0.25, 0.3) is 0 Å². The Kier molecular flexibility index (Phi) is 6.24. The zero-order chi connectivity index (χ0) is 11.8. The predicted molar refractivity (Wildman–Crippen MR) is 74.6 cm³/mol. The van der Waals surface area contributed by atoms with Gasteiger partial charge in [0.1, 0.15) is 5.75 Å². The molecule has 0 radical (unpaired) electrons. The van der Waals surface area contributed by atoms with Crippen molar-refractivity contribution < 1.29 is 4.74 Å². The van der Waals surface area contributed by atoms with Gasteiger partial charge in [-0.25, -0.2) is 0 Å². The average molecular weight is 236 g/mol. The van der Waals surface area contributed by atoms with E-state index in [4.69, 9.17) is 4.74 Å². The molecule has 1 atom stereocenters. The zero-order valence-electron chi connectivity index (χ0n) is 10.8. The van der Waals surface area contributed by atoms with Crippen LogP contribution in [0.15, 0.2) is 24.3 Å². The van der Waals surface area contributed by atoms with E-state index in [0.29, 0.717) is 0 Å². The second-order valence-corrected chi connectivity index (χ2v) is 7.57. The van der Waals surface area contributed by atoms with Gasteiger partial charge in [0.2, 0.25) is 0 Å². The first kappa shape index (κ1) is 13.3. The van der Waals surface area contributed by atoms with Crippen LogP contribution in [0.5, 0.6) is 5.75 Å². The fraction of sp³-hybridized carbons (Fsp3) is 0.571. The van der Waals surface area contributed by atoms with Gasteiger partial charge in [0.05, 0.1) is 15.9 Å². The maximum absolute atomic E-state index is 5.18. The summed E-state index contributed by atoms with van der Waals surface area (Å²) >= 11 is 0. The minimum Gasteiger partial charge on any atom is -0.497 e. The van der Waals surface area contributed by atoms with Gasteiger partial charge in [-0.05, 0) is 12.1 Å². The Bertz CT molecular complexity index is 281. The van der Waals surface area contributed by atoms with Crippen LogP contribution >= 0.6 is 0 Å². The normalized spacial score (nSPS) is 12.4. The molecule has 1 aromatic carbocycles. The van der Waals surface area contributed by atoms with Gasteiger partial charge in [-0.2, -0.15) is 0 Å². The summed E-state index contributed by atoms with van der Waals surface area (Å²) in [6.07, 6.45) is 5.54. The SMILES string of the molecule is CCCCCC[SiH](C)c1ccc(OC)cc1. The van der Waals surface area contributed by atoms with E-state index in [2.05, 4.69) is 37.7 Å². The van der Waals surface area contributed by atoms with E-state index in [1.54, 1.807) is 12.3 Å². The first-order valence-electron chi connectivity index (χ1n) is 6.42. The highest BCUT2D eigenvalue weighted by Crippen LogP contribution is 2.10. The summed E-state index contributed by atoms with van der Waals surface area (Å²) in [6, 6.07) is 10.1. The fourth-order valence-electron chi connectivity index (χ4n) is 1.98. The number of methoxy groups -OCH3 is 1. The first-order chi connectivity index (χ1) is 7.77. The highest BCUT2D eigenvalue weighted by Gasteiger charge is 2.06. The van der Waals surface area contributed by atoms with Crippen LogP contribution in [0.2, 0.25) is 12.6 Å². The lowest BCUT2D eigenvalue weighted by atomic mass is 10.2. The second kappa shape index (κ2) is 7.50. The lowest BCUT2D eigenvalue weighted by Gasteiger charge is -2.10. The van der Waals surface area contributed by atoms with Crippen LogP contribution in [-0.2, 0) is 0 Å². The van der Waals surface area contributed by atoms with Crippen molar-refractivity contribution in [2.45, 2.75) is 45.2 Å². The molecule has 0 amide bonds. The highest BCUT2D eigenvalue weighted by molar-refractivity contribution is 6.71. The molecule has 1 unspecified atom stereocenters. The number of benzene rings is 1. The van der Waals surface area contributed by atoms with Crippen molar-refractivity contribution in [3.63, 3.8) is 0 Å². The van der Waals surface area contributed by atoms with Crippen molar-refractivity contribution in [3.05, 3.63) is 24.3 Å². The van der Waals surface area contributed by atoms with E-state index in [1.807, 2.05) is 0 Å². The van der Waals surface area contributed by atoms with E-state index < -0.39 is 8.80 Å². The Balaban J connectivity index is 2.37. The molecule has 0 heterocycles. The Morgan fingerprint density at radius 1 is 1.06 bits per heavy atom. The van der Waals surface area contributed by atoms with Gasteiger partial charge in [-0.15, -0.1) is 0 Å². The molecule has 0 aliphatic heterocycles. The maximum atomic E-state index is 5.18. The molecule has 0 N–H and O–H groups in total. The molecule has 0 saturated carbocycles.